The highest BCUT2D eigenvalue weighted by molar-refractivity contribution is 5.75. The van der Waals surface area contributed by atoms with Crippen LogP contribution in [0.1, 0.15) is 106 Å². The Hall–Kier alpha value is -1.09. The van der Waals surface area contributed by atoms with E-state index in [1.807, 2.05) is 6.92 Å². The van der Waals surface area contributed by atoms with Crippen LogP contribution in [0.5, 0.6) is 0 Å². The standard InChI is InChI=1S/C30H48O3/c1-18(2)19(3)15-25(31)20(4)22-11-13-30(8)24-10-9-21-16-27(5,26(32)33)17-28(21,6)23(24)12-14-29(22,30)7/h18,20-22,25,31H,3,9-17H2,1-2,4-8H3,(H,32,33)/t20-,21-,22+,25+,27-,28-,29+,30-/m0/s1. The van der Waals surface area contributed by atoms with Gasteiger partial charge >= 0.3 is 5.97 Å². The normalized spacial score (nSPS) is 44.3. The van der Waals surface area contributed by atoms with Crippen molar-refractivity contribution in [3.63, 3.8) is 0 Å². The van der Waals surface area contributed by atoms with Gasteiger partial charge < -0.3 is 10.2 Å². The fourth-order valence-corrected chi connectivity index (χ4v) is 9.19. The maximum atomic E-state index is 12.1. The van der Waals surface area contributed by atoms with Gasteiger partial charge in [-0.1, -0.05) is 64.8 Å². The average molecular weight is 457 g/mol. The van der Waals surface area contributed by atoms with Gasteiger partial charge in [-0.2, -0.15) is 0 Å². The second kappa shape index (κ2) is 7.97. The lowest BCUT2D eigenvalue weighted by atomic mass is 9.48. The summed E-state index contributed by atoms with van der Waals surface area (Å²) in [5.74, 6) is 1.09. The minimum atomic E-state index is -0.612. The minimum Gasteiger partial charge on any atom is -0.481 e. The molecule has 0 saturated heterocycles. The molecule has 0 aromatic heterocycles. The van der Waals surface area contributed by atoms with Gasteiger partial charge in [0.2, 0.25) is 0 Å². The number of aliphatic hydroxyl groups excluding tert-OH is 1. The van der Waals surface area contributed by atoms with Gasteiger partial charge in [0, 0.05) is 0 Å². The molecule has 0 bridgehead atoms. The lowest BCUT2D eigenvalue weighted by molar-refractivity contribution is -0.148. The first-order valence-electron chi connectivity index (χ1n) is 13.5. The van der Waals surface area contributed by atoms with Crippen molar-refractivity contribution in [3.8, 4) is 0 Å². The van der Waals surface area contributed by atoms with E-state index in [2.05, 4.69) is 48.1 Å². The van der Waals surface area contributed by atoms with Crippen LogP contribution in [0.3, 0.4) is 0 Å². The van der Waals surface area contributed by atoms with Crippen LogP contribution in [0.15, 0.2) is 23.3 Å². The molecular formula is C30H48O3. The van der Waals surface area contributed by atoms with E-state index in [0.29, 0.717) is 24.2 Å². The average Bonchev–Trinajstić information content (AvgIpc) is 3.17. The molecule has 2 saturated carbocycles. The van der Waals surface area contributed by atoms with E-state index in [-0.39, 0.29) is 28.3 Å². The number of carboxylic acid groups (broad SMARTS) is 1. The Bertz CT molecular complexity index is 870. The maximum Gasteiger partial charge on any atom is 0.309 e. The van der Waals surface area contributed by atoms with Crippen molar-refractivity contribution in [1.29, 1.82) is 0 Å². The van der Waals surface area contributed by atoms with Crippen molar-refractivity contribution in [1.82, 2.24) is 0 Å². The highest BCUT2D eigenvalue weighted by Gasteiger charge is 2.64. The van der Waals surface area contributed by atoms with Gasteiger partial charge in [-0.05, 0) is 105 Å². The number of hydrogen-bond acceptors (Lipinski definition) is 2. The molecule has 2 fully saturated rings. The Kier molecular flexibility index (Phi) is 6.04. The molecule has 33 heavy (non-hydrogen) atoms. The van der Waals surface area contributed by atoms with E-state index in [1.54, 1.807) is 11.1 Å². The van der Waals surface area contributed by atoms with Crippen LogP contribution in [0.25, 0.3) is 0 Å². The molecule has 3 heteroatoms. The van der Waals surface area contributed by atoms with E-state index in [9.17, 15) is 15.0 Å². The molecule has 0 aliphatic heterocycles. The first-order valence-corrected chi connectivity index (χ1v) is 13.5. The second-order valence-electron chi connectivity index (χ2n) is 13.7. The van der Waals surface area contributed by atoms with E-state index >= 15 is 0 Å². The Morgan fingerprint density at radius 1 is 1.06 bits per heavy atom. The third-order valence-corrected chi connectivity index (χ3v) is 11.8. The number of carbonyl (C=O) groups is 1. The molecule has 2 N–H and O–H groups in total. The summed E-state index contributed by atoms with van der Waals surface area (Å²) in [6.45, 7) is 20.2. The Morgan fingerprint density at radius 2 is 1.73 bits per heavy atom. The molecule has 4 aliphatic rings. The molecule has 0 aromatic carbocycles. The summed E-state index contributed by atoms with van der Waals surface area (Å²) in [5, 5.41) is 21.1. The molecule has 3 nitrogen and oxygen atoms in total. The van der Waals surface area contributed by atoms with Crippen LogP contribution in [-0.4, -0.2) is 22.3 Å². The van der Waals surface area contributed by atoms with E-state index in [4.69, 9.17) is 0 Å². The van der Waals surface area contributed by atoms with Crippen molar-refractivity contribution in [2.24, 2.45) is 45.3 Å². The lowest BCUT2D eigenvalue weighted by Gasteiger charge is -2.56. The van der Waals surface area contributed by atoms with Gasteiger partial charge in [-0.15, -0.1) is 0 Å². The zero-order valence-corrected chi connectivity index (χ0v) is 22.3. The second-order valence-corrected chi connectivity index (χ2v) is 13.7. The van der Waals surface area contributed by atoms with Gasteiger partial charge in [-0.25, -0.2) is 0 Å². The van der Waals surface area contributed by atoms with Crippen LogP contribution in [-0.2, 0) is 4.79 Å². The molecular weight excluding hydrogens is 408 g/mol. The van der Waals surface area contributed by atoms with Crippen LogP contribution < -0.4 is 0 Å². The molecule has 8 atom stereocenters. The minimum absolute atomic E-state index is 0.0449. The van der Waals surface area contributed by atoms with E-state index in [0.717, 1.165) is 37.7 Å². The fourth-order valence-electron chi connectivity index (χ4n) is 9.19. The van der Waals surface area contributed by atoms with Crippen molar-refractivity contribution in [2.75, 3.05) is 0 Å². The van der Waals surface area contributed by atoms with Gasteiger partial charge in [0.1, 0.15) is 0 Å². The van der Waals surface area contributed by atoms with Crippen molar-refractivity contribution >= 4 is 5.97 Å². The predicted molar refractivity (Wildman–Crippen MR) is 135 cm³/mol. The molecule has 4 aliphatic carbocycles. The van der Waals surface area contributed by atoms with Crippen molar-refractivity contribution in [2.45, 2.75) is 112 Å². The summed E-state index contributed by atoms with van der Waals surface area (Å²) < 4.78 is 0. The SMILES string of the molecule is C=C(C[C@@H](O)[C@@H](C)[C@H]1CC[C@@]2(C)C3=C(CC[C@]12C)[C@@]1(C)C[C@@](C)(C(=O)O)C[C@@H]1CC3)C(C)C. The van der Waals surface area contributed by atoms with Crippen LogP contribution in [0.2, 0.25) is 0 Å². The largest absolute Gasteiger partial charge is 0.481 e. The Labute approximate surface area is 202 Å². The number of rotatable bonds is 6. The summed E-state index contributed by atoms with van der Waals surface area (Å²) >= 11 is 0. The number of hydrogen-bond donors (Lipinski definition) is 2. The van der Waals surface area contributed by atoms with E-state index < -0.39 is 11.4 Å². The molecule has 0 spiro atoms. The Balaban J connectivity index is 1.64. The Morgan fingerprint density at radius 3 is 2.33 bits per heavy atom. The first-order chi connectivity index (χ1) is 15.2. The van der Waals surface area contributed by atoms with Crippen molar-refractivity contribution in [3.05, 3.63) is 23.3 Å². The first kappa shape index (κ1) is 25.0. The summed E-state index contributed by atoms with van der Waals surface area (Å²) in [7, 11) is 0. The highest BCUT2D eigenvalue weighted by Crippen LogP contribution is 2.73. The summed E-state index contributed by atoms with van der Waals surface area (Å²) in [4.78, 5) is 12.1. The van der Waals surface area contributed by atoms with Gasteiger partial charge in [0.05, 0.1) is 11.5 Å². The van der Waals surface area contributed by atoms with Crippen LogP contribution in [0, 0.1) is 45.3 Å². The zero-order valence-electron chi connectivity index (χ0n) is 22.3. The third kappa shape index (κ3) is 3.50. The van der Waals surface area contributed by atoms with Crippen molar-refractivity contribution < 1.29 is 15.0 Å². The van der Waals surface area contributed by atoms with Crippen LogP contribution >= 0.6 is 0 Å². The quantitative estimate of drug-likeness (QED) is 0.409. The summed E-state index contributed by atoms with van der Waals surface area (Å²) in [6.07, 6.45) is 8.96. The molecule has 0 amide bonds. The topological polar surface area (TPSA) is 57.5 Å². The fraction of sp³-hybridized carbons (Fsp3) is 0.833. The van der Waals surface area contributed by atoms with Gasteiger partial charge in [0.15, 0.2) is 0 Å². The number of aliphatic hydroxyl groups is 1. The van der Waals surface area contributed by atoms with Crippen LogP contribution in [0.4, 0.5) is 0 Å². The number of fused-ring (bicyclic) bond motifs is 4. The number of carboxylic acids is 1. The molecule has 0 heterocycles. The molecule has 4 rings (SSSR count). The smallest absolute Gasteiger partial charge is 0.309 e. The monoisotopic (exact) mass is 456 g/mol. The molecule has 0 unspecified atom stereocenters. The number of allylic oxidation sites excluding steroid dienone is 2. The number of aliphatic carboxylic acids is 1. The molecule has 186 valence electrons. The van der Waals surface area contributed by atoms with E-state index in [1.165, 1.54) is 19.3 Å². The zero-order chi connectivity index (χ0) is 24.6. The van der Waals surface area contributed by atoms with Gasteiger partial charge in [-0.3, -0.25) is 4.79 Å². The predicted octanol–water partition coefficient (Wildman–Crippen LogP) is 7.40. The third-order valence-electron chi connectivity index (χ3n) is 11.8. The summed E-state index contributed by atoms with van der Waals surface area (Å²) in [6, 6.07) is 0. The molecule has 0 radical (unpaired) electrons. The highest BCUT2D eigenvalue weighted by atomic mass is 16.4. The maximum absolute atomic E-state index is 12.1. The van der Waals surface area contributed by atoms with Gasteiger partial charge in [0.25, 0.3) is 0 Å². The lowest BCUT2D eigenvalue weighted by Crippen LogP contribution is -2.48. The summed E-state index contributed by atoms with van der Waals surface area (Å²) in [5.41, 5.74) is 4.30. The molecule has 0 aromatic rings.